The molecular weight excluding hydrogens is 286 g/mol. The molecule has 0 spiro atoms. The number of carbonyl (C=O) groups is 1. The third kappa shape index (κ3) is 3.23. The van der Waals surface area contributed by atoms with Crippen LogP contribution in [-0.2, 0) is 11.8 Å². The van der Waals surface area contributed by atoms with E-state index in [1.54, 1.807) is 10.9 Å². The van der Waals surface area contributed by atoms with Gasteiger partial charge >= 0.3 is 0 Å². The van der Waals surface area contributed by atoms with E-state index in [4.69, 9.17) is 18.0 Å². The molecule has 2 rings (SSSR count). The number of carbonyl (C=O) groups excluding carboxylic acids is 1. The molecule has 116 valence electrons. The first-order valence-electron chi connectivity index (χ1n) is 7.42. The fourth-order valence-corrected chi connectivity index (χ4v) is 3.30. The molecule has 0 aromatic carbocycles. The van der Waals surface area contributed by atoms with Gasteiger partial charge in [0.15, 0.2) is 5.82 Å². The lowest BCUT2D eigenvalue weighted by Crippen LogP contribution is -2.49. The molecular formula is C14H23N5OS. The maximum atomic E-state index is 12.8. The Kier molecular flexibility index (Phi) is 4.92. The number of hydrogen-bond donors (Lipinski definition) is 2. The average molecular weight is 309 g/mol. The zero-order chi connectivity index (χ0) is 15.5. The molecule has 1 aromatic rings. The van der Waals surface area contributed by atoms with Crippen LogP contribution < -0.4 is 11.1 Å². The summed E-state index contributed by atoms with van der Waals surface area (Å²) in [5.74, 6) is 0.641. The topological polar surface area (TPSA) is 85.8 Å². The molecule has 21 heavy (non-hydrogen) atoms. The molecule has 0 aliphatic heterocycles. The Bertz CT molecular complexity index is 519. The monoisotopic (exact) mass is 309 g/mol. The van der Waals surface area contributed by atoms with Crippen LogP contribution in [0, 0.1) is 5.41 Å². The molecule has 1 atom stereocenters. The Morgan fingerprint density at radius 1 is 1.43 bits per heavy atom. The highest BCUT2D eigenvalue weighted by atomic mass is 32.1. The lowest BCUT2D eigenvalue weighted by Gasteiger charge is -2.31. The van der Waals surface area contributed by atoms with Crippen LogP contribution in [0.1, 0.15) is 57.3 Å². The van der Waals surface area contributed by atoms with Crippen molar-refractivity contribution in [3.63, 3.8) is 0 Å². The third-order valence-corrected chi connectivity index (χ3v) is 4.74. The fraction of sp³-hybridized carbons (Fsp3) is 0.714. The smallest absolute Gasteiger partial charge is 0.233 e. The summed E-state index contributed by atoms with van der Waals surface area (Å²) in [5.41, 5.74) is 5.22. The minimum Gasteiger partial charge on any atom is -0.392 e. The van der Waals surface area contributed by atoms with Crippen molar-refractivity contribution < 1.29 is 4.79 Å². The number of aromatic nitrogens is 3. The first kappa shape index (κ1) is 15.9. The van der Waals surface area contributed by atoms with Crippen molar-refractivity contribution in [1.29, 1.82) is 0 Å². The van der Waals surface area contributed by atoms with Gasteiger partial charge < -0.3 is 15.6 Å². The van der Waals surface area contributed by atoms with E-state index in [0.29, 0.717) is 4.99 Å². The van der Waals surface area contributed by atoms with Gasteiger partial charge in [0, 0.05) is 7.05 Å². The molecule has 7 heteroatoms. The van der Waals surface area contributed by atoms with E-state index in [1.807, 2.05) is 14.0 Å². The second-order valence-electron chi connectivity index (χ2n) is 5.86. The number of aryl methyl sites for hydroxylation is 1. The predicted molar refractivity (Wildman–Crippen MR) is 84.5 cm³/mol. The second kappa shape index (κ2) is 6.51. The van der Waals surface area contributed by atoms with E-state index < -0.39 is 5.41 Å². The highest BCUT2D eigenvalue weighted by molar-refractivity contribution is 7.80. The summed E-state index contributed by atoms with van der Waals surface area (Å²) in [6.07, 6.45) is 7.34. The molecule has 1 heterocycles. The Labute approximate surface area is 130 Å². The zero-order valence-electron chi connectivity index (χ0n) is 12.6. The van der Waals surface area contributed by atoms with Crippen LogP contribution in [0.25, 0.3) is 0 Å². The standard InChI is InChI=1S/C14H23N5OS/c1-10(11-18-16-9-19(11)2)17-13(20)14(12(15)21)7-5-3-4-6-8-14/h9-10H,3-8H2,1-2H3,(H2,15,21)(H,17,20). The van der Waals surface area contributed by atoms with E-state index in [-0.39, 0.29) is 11.9 Å². The summed E-state index contributed by atoms with van der Waals surface area (Å²) in [4.78, 5) is 13.1. The average Bonchev–Trinajstić information content (AvgIpc) is 2.72. The number of nitrogens with two attached hydrogens (primary N) is 1. The SMILES string of the molecule is CC(NC(=O)C1(C(N)=S)CCCCCC1)c1nncn1C. The van der Waals surface area contributed by atoms with Crippen molar-refractivity contribution in [2.45, 2.75) is 51.5 Å². The first-order valence-corrected chi connectivity index (χ1v) is 7.83. The summed E-state index contributed by atoms with van der Waals surface area (Å²) in [6, 6.07) is -0.223. The summed E-state index contributed by atoms with van der Waals surface area (Å²) < 4.78 is 1.80. The lowest BCUT2D eigenvalue weighted by molar-refractivity contribution is -0.128. The van der Waals surface area contributed by atoms with Crippen molar-refractivity contribution in [2.75, 3.05) is 0 Å². The number of hydrogen-bond acceptors (Lipinski definition) is 4. The zero-order valence-corrected chi connectivity index (χ0v) is 13.4. The van der Waals surface area contributed by atoms with Gasteiger partial charge in [-0.3, -0.25) is 4.79 Å². The fourth-order valence-electron chi connectivity index (χ4n) is 3.00. The number of amides is 1. The van der Waals surface area contributed by atoms with E-state index in [9.17, 15) is 4.79 Å². The van der Waals surface area contributed by atoms with Gasteiger partial charge in [-0.2, -0.15) is 0 Å². The summed E-state index contributed by atoms with van der Waals surface area (Å²) in [6.45, 7) is 1.89. The van der Waals surface area contributed by atoms with E-state index >= 15 is 0 Å². The van der Waals surface area contributed by atoms with Crippen molar-refractivity contribution in [2.24, 2.45) is 18.2 Å². The van der Waals surface area contributed by atoms with Crippen molar-refractivity contribution in [1.82, 2.24) is 20.1 Å². The van der Waals surface area contributed by atoms with Crippen LogP contribution in [0.15, 0.2) is 6.33 Å². The normalized spacial score (nSPS) is 19.5. The Balaban J connectivity index is 2.15. The van der Waals surface area contributed by atoms with Crippen LogP contribution in [-0.4, -0.2) is 25.7 Å². The van der Waals surface area contributed by atoms with Crippen LogP contribution in [0.5, 0.6) is 0 Å². The molecule has 3 N–H and O–H groups in total. The van der Waals surface area contributed by atoms with Crippen molar-refractivity contribution >= 4 is 23.1 Å². The highest BCUT2D eigenvalue weighted by Crippen LogP contribution is 2.36. The minimum absolute atomic E-state index is 0.0765. The molecule has 1 fully saturated rings. The van der Waals surface area contributed by atoms with Crippen molar-refractivity contribution in [3.8, 4) is 0 Å². The summed E-state index contributed by atoms with van der Waals surface area (Å²) >= 11 is 5.23. The number of thiocarbonyl (C=S) groups is 1. The Hall–Kier alpha value is -1.50. The summed E-state index contributed by atoms with van der Waals surface area (Å²) in [7, 11) is 1.85. The van der Waals surface area contributed by atoms with E-state index in [0.717, 1.165) is 44.3 Å². The molecule has 0 radical (unpaired) electrons. The maximum absolute atomic E-state index is 12.8. The molecule has 6 nitrogen and oxygen atoms in total. The number of nitrogens with zero attached hydrogens (tertiary/aromatic N) is 3. The van der Waals surface area contributed by atoms with Gasteiger partial charge in [-0.1, -0.05) is 37.9 Å². The molecule has 0 saturated heterocycles. The Morgan fingerprint density at radius 3 is 2.52 bits per heavy atom. The summed E-state index contributed by atoms with van der Waals surface area (Å²) in [5, 5.41) is 10.9. The molecule has 1 amide bonds. The lowest BCUT2D eigenvalue weighted by atomic mass is 9.79. The largest absolute Gasteiger partial charge is 0.392 e. The van der Waals surface area contributed by atoms with E-state index in [1.165, 1.54) is 0 Å². The molecule has 1 aliphatic carbocycles. The molecule has 1 unspecified atom stereocenters. The molecule has 1 saturated carbocycles. The van der Waals surface area contributed by atoms with Gasteiger partial charge in [-0.25, -0.2) is 0 Å². The third-order valence-electron chi connectivity index (χ3n) is 4.34. The molecule has 0 bridgehead atoms. The molecule has 1 aliphatic rings. The quantitative estimate of drug-likeness (QED) is 0.652. The van der Waals surface area contributed by atoms with Crippen LogP contribution in [0.3, 0.4) is 0 Å². The predicted octanol–water partition coefficient (Wildman–Crippen LogP) is 1.62. The molecule has 1 aromatic heterocycles. The van der Waals surface area contributed by atoms with Crippen LogP contribution in [0.2, 0.25) is 0 Å². The van der Waals surface area contributed by atoms with Crippen LogP contribution >= 0.6 is 12.2 Å². The van der Waals surface area contributed by atoms with Gasteiger partial charge in [0.1, 0.15) is 6.33 Å². The van der Waals surface area contributed by atoms with Gasteiger partial charge in [0.2, 0.25) is 5.91 Å². The van der Waals surface area contributed by atoms with E-state index in [2.05, 4.69) is 15.5 Å². The maximum Gasteiger partial charge on any atom is 0.233 e. The van der Waals surface area contributed by atoms with Gasteiger partial charge in [-0.05, 0) is 19.8 Å². The second-order valence-corrected chi connectivity index (χ2v) is 6.30. The van der Waals surface area contributed by atoms with Crippen LogP contribution in [0.4, 0.5) is 0 Å². The van der Waals surface area contributed by atoms with Crippen molar-refractivity contribution in [3.05, 3.63) is 12.2 Å². The van der Waals surface area contributed by atoms with Gasteiger partial charge in [-0.15, -0.1) is 10.2 Å². The minimum atomic E-state index is -0.710. The van der Waals surface area contributed by atoms with Gasteiger partial charge in [0.05, 0.1) is 16.4 Å². The first-order chi connectivity index (χ1) is 9.97. The number of nitrogens with one attached hydrogen (secondary N) is 1. The number of rotatable bonds is 4. The highest BCUT2D eigenvalue weighted by Gasteiger charge is 2.42. The van der Waals surface area contributed by atoms with Gasteiger partial charge in [0.25, 0.3) is 0 Å². The Morgan fingerprint density at radius 2 is 2.05 bits per heavy atom.